The van der Waals surface area contributed by atoms with E-state index in [0.29, 0.717) is 6.61 Å². The fourth-order valence-electron chi connectivity index (χ4n) is 1.01. The molecule has 0 aromatic rings. The average Bonchev–Trinajstić information content (AvgIpc) is 2.20. The van der Waals surface area contributed by atoms with E-state index in [0.717, 1.165) is 19.3 Å². The van der Waals surface area contributed by atoms with Gasteiger partial charge in [-0.2, -0.15) is 0 Å². The van der Waals surface area contributed by atoms with Crippen LogP contribution < -0.4 is 5.73 Å². The minimum absolute atomic E-state index is 0. The van der Waals surface area contributed by atoms with Crippen LogP contribution in [-0.4, -0.2) is 88.8 Å². The van der Waals surface area contributed by atoms with Gasteiger partial charge in [-0.3, -0.25) is 9.59 Å². The van der Waals surface area contributed by atoms with Gasteiger partial charge in [0.05, 0.1) is 6.61 Å². The first kappa shape index (κ1) is 23.0. The van der Waals surface area contributed by atoms with Gasteiger partial charge in [0.1, 0.15) is 6.04 Å². The number of rotatable bonds is 8. The molecule has 7 heteroatoms. The van der Waals surface area contributed by atoms with Crippen molar-refractivity contribution in [2.45, 2.75) is 45.1 Å². The van der Waals surface area contributed by atoms with Crippen molar-refractivity contribution < 1.29 is 19.4 Å². The molecule has 17 heavy (non-hydrogen) atoms. The minimum atomic E-state index is -1.09. The first-order valence-corrected chi connectivity index (χ1v) is 5.22. The molecule has 0 saturated heterocycles. The fraction of sp³-hybridized carbons (Fsp3) is 0.800. The molecule has 92 valence electrons. The molecule has 0 radical (unpaired) electrons. The van der Waals surface area contributed by atoms with Crippen LogP contribution >= 0.6 is 0 Å². The molecular weight excluding hydrogens is 244 g/mol. The van der Waals surface area contributed by atoms with Crippen LogP contribution in [0.25, 0.3) is 0 Å². The zero-order valence-corrected chi connectivity index (χ0v) is 9.07. The number of unbranched alkanes of at least 4 members (excludes halogenated alkanes) is 2. The molecular formula is C10H21NNa2O4. The Hall–Kier alpha value is 0.900. The van der Waals surface area contributed by atoms with Crippen molar-refractivity contribution in [3.63, 3.8) is 0 Å². The van der Waals surface area contributed by atoms with E-state index in [4.69, 9.17) is 15.6 Å². The number of hydrogen-bond donors (Lipinski definition) is 2. The third-order valence-corrected chi connectivity index (χ3v) is 1.99. The molecule has 1 atom stereocenters. The van der Waals surface area contributed by atoms with Crippen LogP contribution in [0.4, 0.5) is 0 Å². The molecule has 0 spiro atoms. The van der Waals surface area contributed by atoms with Gasteiger partial charge in [0.25, 0.3) is 0 Å². The molecule has 0 aliphatic carbocycles. The summed E-state index contributed by atoms with van der Waals surface area (Å²) < 4.78 is 4.89. The van der Waals surface area contributed by atoms with Crippen LogP contribution in [0.15, 0.2) is 0 Å². The molecule has 0 heterocycles. The van der Waals surface area contributed by atoms with Crippen molar-refractivity contribution in [1.82, 2.24) is 0 Å². The van der Waals surface area contributed by atoms with E-state index in [1.54, 1.807) is 0 Å². The van der Waals surface area contributed by atoms with Gasteiger partial charge >= 0.3 is 71.1 Å². The summed E-state index contributed by atoms with van der Waals surface area (Å²) in [5, 5.41) is 8.46. The number of carboxylic acids is 1. The predicted molar refractivity (Wildman–Crippen MR) is 69.6 cm³/mol. The first-order valence-electron chi connectivity index (χ1n) is 5.22. The molecule has 0 rings (SSSR count). The van der Waals surface area contributed by atoms with E-state index in [-0.39, 0.29) is 77.9 Å². The predicted octanol–water partition coefficient (Wildman–Crippen LogP) is -0.385. The number of ether oxygens (including phenoxy) is 1. The summed E-state index contributed by atoms with van der Waals surface area (Å²) in [6, 6.07) is -0.979. The molecule has 0 saturated carbocycles. The van der Waals surface area contributed by atoms with Crippen LogP contribution in [-0.2, 0) is 14.3 Å². The third kappa shape index (κ3) is 14.8. The zero-order chi connectivity index (χ0) is 11.7. The van der Waals surface area contributed by atoms with Gasteiger partial charge in [-0.05, 0) is 12.8 Å². The second-order valence-corrected chi connectivity index (χ2v) is 3.41. The Balaban J connectivity index is -0.000000980. The second-order valence-electron chi connectivity index (χ2n) is 3.41. The molecule has 3 N–H and O–H groups in total. The number of carbonyl (C=O) groups is 2. The van der Waals surface area contributed by atoms with E-state index in [9.17, 15) is 9.59 Å². The third-order valence-electron chi connectivity index (χ3n) is 1.99. The molecule has 0 fully saturated rings. The standard InChI is InChI=1S/C10H19NO4.2Na.2H/c1-2-3-4-7-15-9(12)6-5-8(11)10(13)14;;;;/h8H,2-7,11H2,1H3,(H,13,14);;;;/t8-;;;;/m0..../s1. The van der Waals surface area contributed by atoms with Gasteiger partial charge < -0.3 is 15.6 Å². The van der Waals surface area contributed by atoms with Crippen molar-refractivity contribution in [3.05, 3.63) is 0 Å². The van der Waals surface area contributed by atoms with E-state index >= 15 is 0 Å². The summed E-state index contributed by atoms with van der Waals surface area (Å²) in [5.74, 6) is -1.46. The maximum absolute atomic E-state index is 11.1. The van der Waals surface area contributed by atoms with Gasteiger partial charge in [-0.15, -0.1) is 0 Å². The Morgan fingerprint density at radius 3 is 2.35 bits per heavy atom. The van der Waals surface area contributed by atoms with E-state index < -0.39 is 12.0 Å². The molecule has 0 aromatic carbocycles. The maximum atomic E-state index is 11.1. The SMILES string of the molecule is CCCCCOC(=O)CC[C@H](N)C(=O)O.[NaH].[NaH]. The Bertz CT molecular complexity index is 214. The Morgan fingerprint density at radius 1 is 1.29 bits per heavy atom. The molecule has 0 bridgehead atoms. The summed E-state index contributed by atoms with van der Waals surface area (Å²) in [6.07, 6.45) is 3.15. The summed E-state index contributed by atoms with van der Waals surface area (Å²) in [6.45, 7) is 2.47. The van der Waals surface area contributed by atoms with E-state index in [1.807, 2.05) is 0 Å². The Kier molecular flexibility index (Phi) is 20.3. The number of nitrogens with two attached hydrogens (primary N) is 1. The van der Waals surface area contributed by atoms with Crippen molar-refractivity contribution in [3.8, 4) is 0 Å². The molecule has 0 amide bonds. The topological polar surface area (TPSA) is 89.6 Å². The van der Waals surface area contributed by atoms with Gasteiger partial charge in [-0.25, -0.2) is 0 Å². The monoisotopic (exact) mass is 265 g/mol. The number of aliphatic carboxylic acids is 1. The van der Waals surface area contributed by atoms with Gasteiger partial charge in [0.15, 0.2) is 0 Å². The number of hydrogen-bond acceptors (Lipinski definition) is 4. The van der Waals surface area contributed by atoms with Crippen molar-refractivity contribution >= 4 is 71.1 Å². The molecule has 0 aliphatic heterocycles. The first-order chi connectivity index (χ1) is 7.07. The number of carboxylic acid groups (broad SMARTS) is 1. The van der Waals surface area contributed by atoms with Crippen molar-refractivity contribution in [2.24, 2.45) is 5.73 Å². The molecule has 5 nitrogen and oxygen atoms in total. The van der Waals surface area contributed by atoms with Gasteiger partial charge in [-0.1, -0.05) is 19.8 Å². The number of esters is 1. The number of carbonyl (C=O) groups excluding carboxylic acids is 1. The van der Waals surface area contributed by atoms with E-state index in [1.165, 1.54) is 0 Å². The van der Waals surface area contributed by atoms with Gasteiger partial charge in [0.2, 0.25) is 0 Å². The molecule has 0 aromatic heterocycles. The summed E-state index contributed by atoms with van der Waals surface area (Å²) in [5.41, 5.74) is 5.23. The average molecular weight is 265 g/mol. The fourth-order valence-corrected chi connectivity index (χ4v) is 1.01. The Labute approximate surface area is 146 Å². The Morgan fingerprint density at radius 2 is 1.88 bits per heavy atom. The molecule has 0 unspecified atom stereocenters. The van der Waals surface area contributed by atoms with Gasteiger partial charge in [0, 0.05) is 6.42 Å². The zero-order valence-electron chi connectivity index (χ0n) is 9.07. The van der Waals surface area contributed by atoms with E-state index in [2.05, 4.69) is 6.92 Å². The van der Waals surface area contributed by atoms with Crippen molar-refractivity contribution in [1.29, 1.82) is 0 Å². The van der Waals surface area contributed by atoms with Crippen molar-refractivity contribution in [2.75, 3.05) is 6.61 Å². The summed E-state index contributed by atoms with van der Waals surface area (Å²) >= 11 is 0. The van der Waals surface area contributed by atoms with Crippen LogP contribution in [0.3, 0.4) is 0 Å². The van der Waals surface area contributed by atoms with Crippen LogP contribution in [0.1, 0.15) is 39.0 Å². The van der Waals surface area contributed by atoms with Crippen LogP contribution in [0.2, 0.25) is 0 Å². The van der Waals surface area contributed by atoms with Crippen LogP contribution in [0.5, 0.6) is 0 Å². The quantitative estimate of drug-likeness (QED) is 0.354. The normalized spacial score (nSPS) is 10.7. The molecule has 0 aliphatic rings. The second kappa shape index (κ2) is 15.0. The summed E-state index contributed by atoms with van der Waals surface area (Å²) in [4.78, 5) is 21.4. The van der Waals surface area contributed by atoms with Crippen LogP contribution in [0, 0.1) is 0 Å². The summed E-state index contributed by atoms with van der Waals surface area (Å²) in [7, 11) is 0.